The molecule has 0 atom stereocenters. The minimum atomic E-state index is -0.559. The molecule has 2 rings (SSSR count). The van der Waals surface area contributed by atoms with Gasteiger partial charge in [0.2, 0.25) is 0 Å². The Morgan fingerprint density at radius 3 is 2.70 bits per heavy atom. The molecule has 0 radical (unpaired) electrons. The fourth-order valence-corrected chi connectivity index (χ4v) is 1.83. The van der Waals surface area contributed by atoms with Crippen LogP contribution in [-0.4, -0.2) is 5.91 Å². The van der Waals surface area contributed by atoms with Gasteiger partial charge in [0, 0.05) is 23.4 Å². The summed E-state index contributed by atoms with van der Waals surface area (Å²) in [4.78, 5) is 12.0. The van der Waals surface area contributed by atoms with Crippen molar-refractivity contribution in [3.05, 3.63) is 64.7 Å². The van der Waals surface area contributed by atoms with E-state index in [1.54, 1.807) is 25.1 Å². The average molecular weight is 276 g/mol. The molecule has 0 saturated heterocycles. The van der Waals surface area contributed by atoms with E-state index in [9.17, 15) is 13.6 Å². The van der Waals surface area contributed by atoms with Gasteiger partial charge in [-0.15, -0.1) is 0 Å². The second-order valence-electron chi connectivity index (χ2n) is 4.49. The number of anilines is 1. The van der Waals surface area contributed by atoms with Crippen LogP contribution in [0.5, 0.6) is 0 Å². The van der Waals surface area contributed by atoms with E-state index in [4.69, 9.17) is 5.73 Å². The van der Waals surface area contributed by atoms with E-state index in [-0.39, 0.29) is 18.0 Å². The van der Waals surface area contributed by atoms with Gasteiger partial charge in [0.05, 0.1) is 0 Å². The number of amides is 1. The van der Waals surface area contributed by atoms with Crippen LogP contribution in [0.3, 0.4) is 0 Å². The Morgan fingerprint density at radius 2 is 1.95 bits per heavy atom. The van der Waals surface area contributed by atoms with Crippen LogP contribution >= 0.6 is 0 Å². The minimum Gasteiger partial charge on any atom is -0.399 e. The van der Waals surface area contributed by atoms with Crippen molar-refractivity contribution in [2.24, 2.45) is 0 Å². The van der Waals surface area contributed by atoms with Crippen molar-refractivity contribution in [1.29, 1.82) is 0 Å². The van der Waals surface area contributed by atoms with Crippen molar-refractivity contribution < 1.29 is 13.6 Å². The van der Waals surface area contributed by atoms with E-state index >= 15 is 0 Å². The molecule has 0 aliphatic carbocycles. The SMILES string of the molecule is Cc1ccc(N)cc1C(=O)NCc1cc(F)ccc1F. The van der Waals surface area contributed by atoms with E-state index in [0.717, 1.165) is 23.8 Å². The first-order valence-corrected chi connectivity index (χ1v) is 6.05. The number of rotatable bonds is 3. The number of carbonyl (C=O) groups excluding carboxylic acids is 1. The summed E-state index contributed by atoms with van der Waals surface area (Å²) in [5.74, 6) is -1.48. The van der Waals surface area contributed by atoms with Gasteiger partial charge in [-0.2, -0.15) is 0 Å². The molecular formula is C15H14F2N2O. The van der Waals surface area contributed by atoms with Crippen molar-refractivity contribution >= 4 is 11.6 Å². The average Bonchev–Trinajstić information content (AvgIpc) is 2.42. The van der Waals surface area contributed by atoms with Gasteiger partial charge in [-0.1, -0.05) is 6.07 Å². The predicted molar refractivity (Wildman–Crippen MR) is 73.1 cm³/mol. The Morgan fingerprint density at radius 1 is 1.20 bits per heavy atom. The van der Waals surface area contributed by atoms with Crippen LogP contribution in [0, 0.1) is 18.6 Å². The Balaban J connectivity index is 2.12. The van der Waals surface area contributed by atoms with Crippen LogP contribution in [0.25, 0.3) is 0 Å². The van der Waals surface area contributed by atoms with Gasteiger partial charge in [0.1, 0.15) is 11.6 Å². The molecule has 3 N–H and O–H groups in total. The lowest BCUT2D eigenvalue weighted by Crippen LogP contribution is -2.24. The molecule has 2 aromatic rings. The number of halogens is 2. The standard InChI is InChI=1S/C15H14F2N2O/c1-9-2-4-12(18)7-13(9)15(20)19-8-10-6-11(16)3-5-14(10)17/h2-7H,8,18H2,1H3,(H,19,20). The minimum absolute atomic E-state index is 0.0866. The lowest BCUT2D eigenvalue weighted by atomic mass is 10.1. The first kappa shape index (κ1) is 14.0. The molecule has 1 amide bonds. The quantitative estimate of drug-likeness (QED) is 0.847. The molecule has 3 nitrogen and oxygen atoms in total. The van der Waals surface area contributed by atoms with E-state index in [1.807, 2.05) is 0 Å². The lowest BCUT2D eigenvalue weighted by molar-refractivity contribution is 0.0950. The van der Waals surface area contributed by atoms with Gasteiger partial charge in [-0.3, -0.25) is 4.79 Å². The largest absolute Gasteiger partial charge is 0.399 e. The zero-order chi connectivity index (χ0) is 14.7. The molecule has 0 bridgehead atoms. The Bertz CT molecular complexity index is 656. The monoisotopic (exact) mass is 276 g/mol. The van der Waals surface area contributed by atoms with Gasteiger partial charge in [0.15, 0.2) is 0 Å². The summed E-state index contributed by atoms with van der Waals surface area (Å²) in [5, 5.41) is 2.55. The molecule has 0 aliphatic heterocycles. The maximum atomic E-state index is 13.4. The molecule has 104 valence electrons. The van der Waals surface area contributed by atoms with Gasteiger partial charge in [-0.05, 0) is 42.8 Å². The number of nitrogen functional groups attached to an aromatic ring is 1. The van der Waals surface area contributed by atoms with E-state index in [2.05, 4.69) is 5.32 Å². The van der Waals surface area contributed by atoms with Gasteiger partial charge in [-0.25, -0.2) is 8.78 Å². The molecule has 2 aromatic carbocycles. The van der Waals surface area contributed by atoms with E-state index in [1.165, 1.54) is 0 Å². The topological polar surface area (TPSA) is 55.1 Å². The first-order chi connectivity index (χ1) is 9.47. The maximum Gasteiger partial charge on any atom is 0.251 e. The molecule has 0 heterocycles. The van der Waals surface area contributed by atoms with Crippen molar-refractivity contribution in [2.75, 3.05) is 5.73 Å². The van der Waals surface area contributed by atoms with Crippen LogP contribution in [0.15, 0.2) is 36.4 Å². The first-order valence-electron chi connectivity index (χ1n) is 6.05. The van der Waals surface area contributed by atoms with Crippen molar-refractivity contribution in [2.45, 2.75) is 13.5 Å². The Labute approximate surface area is 115 Å². The third-order valence-corrected chi connectivity index (χ3v) is 2.95. The summed E-state index contributed by atoms with van der Waals surface area (Å²) in [6, 6.07) is 8.09. The van der Waals surface area contributed by atoms with Gasteiger partial charge >= 0.3 is 0 Å². The molecule has 0 aromatic heterocycles. The zero-order valence-electron chi connectivity index (χ0n) is 10.9. The number of aryl methyl sites for hydroxylation is 1. The third kappa shape index (κ3) is 3.12. The fraction of sp³-hybridized carbons (Fsp3) is 0.133. The number of hydrogen-bond donors (Lipinski definition) is 2. The Hall–Kier alpha value is -2.43. The summed E-state index contributed by atoms with van der Waals surface area (Å²) in [6.07, 6.45) is 0. The number of carbonyl (C=O) groups is 1. The number of hydrogen-bond acceptors (Lipinski definition) is 2. The molecule has 0 unspecified atom stereocenters. The molecule has 0 spiro atoms. The molecule has 0 saturated carbocycles. The normalized spacial score (nSPS) is 10.3. The van der Waals surface area contributed by atoms with Crippen LogP contribution in [0.1, 0.15) is 21.5 Å². The maximum absolute atomic E-state index is 13.4. The molecule has 20 heavy (non-hydrogen) atoms. The smallest absolute Gasteiger partial charge is 0.251 e. The summed E-state index contributed by atoms with van der Waals surface area (Å²) in [6.45, 7) is 1.69. The zero-order valence-corrected chi connectivity index (χ0v) is 10.9. The molecule has 0 fully saturated rings. The summed E-state index contributed by atoms with van der Waals surface area (Å²) < 4.78 is 26.4. The van der Waals surface area contributed by atoms with Crippen LogP contribution in [0.2, 0.25) is 0 Å². The highest BCUT2D eigenvalue weighted by Crippen LogP contribution is 2.13. The van der Waals surface area contributed by atoms with Crippen molar-refractivity contribution in [3.63, 3.8) is 0 Å². The fourth-order valence-electron chi connectivity index (χ4n) is 1.83. The van der Waals surface area contributed by atoms with Gasteiger partial charge in [0.25, 0.3) is 5.91 Å². The van der Waals surface area contributed by atoms with E-state index in [0.29, 0.717) is 11.3 Å². The number of nitrogens with one attached hydrogen (secondary N) is 1. The van der Waals surface area contributed by atoms with Gasteiger partial charge < -0.3 is 11.1 Å². The van der Waals surface area contributed by atoms with Crippen LogP contribution < -0.4 is 11.1 Å². The number of nitrogens with two attached hydrogens (primary N) is 1. The summed E-state index contributed by atoms with van der Waals surface area (Å²) in [5.41, 5.74) is 7.37. The number of benzene rings is 2. The molecule has 0 aliphatic rings. The van der Waals surface area contributed by atoms with Crippen LogP contribution in [0.4, 0.5) is 14.5 Å². The van der Waals surface area contributed by atoms with Crippen molar-refractivity contribution in [3.8, 4) is 0 Å². The molecular weight excluding hydrogens is 262 g/mol. The molecule has 5 heteroatoms. The van der Waals surface area contributed by atoms with Crippen molar-refractivity contribution in [1.82, 2.24) is 5.32 Å². The summed E-state index contributed by atoms with van der Waals surface area (Å²) in [7, 11) is 0. The lowest BCUT2D eigenvalue weighted by Gasteiger charge is -2.09. The second kappa shape index (κ2) is 5.69. The Kier molecular flexibility index (Phi) is 3.98. The highest BCUT2D eigenvalue weighted by atomic mass is 19.1. The second-order valence-corrected chi connectivity index (χ2v) is 4.49. The highest BCUT2D eigenvalue weighted by molar-refractivity contribution is 5.96. The van der Waals surface area contributed by atoms with E-state index < -0.39 is 11.6 Å². The highest BCUT2D eigenvalue weighted by Gasteiger charge is 2.11. The predicted octanol–water partition coefficient (Wildman–Crippen LogP) is 2.79. The summed E-state index contributed by atoms with van der Waals surface area (Å²) >= 11 is 0. The third-order valence-electron chi connectivity index (χ3n) is 2.95. The van der Waals surface area contributed by atoms with Crippen LogP contribution in [-0.2, 0) is 6.54 Å².